The van der Waals surface area contributed by atoms with E-state index in [9.17, 15) is 4.79 Å². The Morgan fingerprint density at radius 2 is 1.76 bits per heavy atom. The number of nitrogens with two attached hydrogens (primary N) is 1. The lowest BCUT2D eigenvalue weighted by molar-refractivity contribution is -0.138. The van der Waals surface area contributed by atoms with Crippen molar-refractivity contribution in [1.29, 1.82) is 0 Å². The van der Waals surface area contributed by atoms with Crippen molar-refractivity contribution >= 4 is 17.6 Å². The Morgan fingerprint density at radius 1 is 1.09 bits per heavy atom. The molecule has 2 aromatic rings. The molecule has 2 N–H and O–H groups in total. The molecule has 9 nitrogen and oxygen atoms in total. The molecule has 2 saturated heterocycles. The van der Waals surface area contributed by atoms with Crippen molar-refractivity contribution < 1.29 is 9.63 Å². The van der Waals surface area contributed by atoms with Crippen LogP contribution in [0.5, 0.6) is 0 Å². The van der Waals surface area contributed by atoms with Crippen molar-refractivity contribution in [1.82, 2.24) is 24.8 Å². The molecule has 1 amide bonds. The minimum Gasteiger partial charge on any atom is -0.399 e. The molecule has 4 rings (SSSR count). The van der Waals surface area contributed by atoms with Crippen LogP contribution in [-0.4, -0.2) is 69.7 Å². The number of aryl methyl sites for hydroxylation is 1. The van der Waals surface area contributed by atoms with E-state index in [1.165, 1.54) is 0 Å². The Hall–Kier alpha value is -3.07. The number of aromatic nitrogens is 3. The summed E-state index contributed by atoms with van der Waals surface area (Å²) in [4.78, 5) is 35.4. The third-order valence-electron chi connectivity index (χ3n) is 6.70. The second-order valence-corrected chi connectivity index (χ2v) is 8.93. The molecule has 0 spiro atoms. The molecule has 4 heterocycles. The fraction of sp³-hybridized carbons (Fsp3) is 0.542. The highest BCUT2D eigenvalue weighted by atomic mass is 16.6. The van der Waals surface area contributed by atoms with Crippen LogP contribution in [0.3, 0.4) is 0 Å². The lowest BCUT2D eigenvalue weighted by Gasteiger charge is -2.37. The molecular formula is C24H33N7O2. The molecular weight excluding hydrogens is 418 g/mol. The van der Waals surface area contributed by atoms with Crippen LogP contribution < -0.4 is 5.73 Å². The highest BCUT2D eigenvalue weighted by Gasteiger charge is 2.33. The Balaban J connectivity index is 1.28. The predicted molar refractivity (Wildman–Crippen MR) is 126 cm³/mol. The number of hydrogen-bond acceptors (Lipinski definition) is 8. The van der Waals surface area contributed by atoms with E-state index in [1.807, 2.05) is 24.0 Å². The van der Waals surface area contributed by atoms with Crippen LogP contribution in [0.15, 0.2) is 35.9 Å². The van der Waals surface area contributed by atoms with E-state index in [0.29, 0.717) is 11.9 Å². The number of carbonyl (C=O) groups is 1. The number of rotatable bonds is 6. The van der Waals surface area contributed by atoms with Gasteiger partial charge in [-0.3, -0.25) is 14.7 Å². The maximum absolute atomic E-state index is 13.2. The summed E-state index contributed by atoms with van der Waals surface area (Å²) in [5.74, 6) is 0.933. The van der Waals surface area contributed by atoms with E-state index >= 15 is 0 Å². The quantitative estimate of drug-likeness (QED) is 0.530. The monoisotopic (exact) mass is 451 g/mol. The van der Waals surface area contributed by atoms with E-state index in [-0.39, 0.29) is 11.8 Å². The first kappa shape index (κ1) is 23.1. The van der Waals surface area contributed by atoms with Crippen LogP contribution in [0, 0.1) is 18.8 Å². The smallest absolute Gasteiger partial charge is 0.225 e. The summed E-state index contributed by atoms with van der Waals surface area (Å²) in [7, 11) is 1.57. The van der Waals surface area contributed by atoms with Gasteiger partial charge in [0.1, 0.15) is 12.8 Å². The molecule has 2 aromatic heterocycles. The van der Waals surface area contributed by atoms with Gasteiger partial charge in [-0.2, -0.15) is 0 Å². The van der Waals surface area contributed by atoms with Gasteiger partial charge in [-0.15, -0.1) is 0 Å². The van der Waals surface area contributed by atoms with Gasteiger partial charge in [0.15, 0.2) is 0 Å². The average Bonchev–Trinajstić information content (AvgIpc) is 2.85. The first-order valence-corrected chi connectivity index (χ1v) is 11.7. The summed E-state index contributed by atoms with van der Waals surface area (Å²) in [5, 5.41) is 4.32. The number of piperidine rings is 2. The number of nitrogens with zero attached hydrogens (tertiary/aromatic N) is 6. The maximum Gasteiger partial charge on any atom is 0.225 e. The number of likely N-dealkylation sites (tertiary alicyclic amines) is 2. The molecule has 0 bridgehead atoms. The Bertz CT molecular complexity index is 963. The minimum absolute atomic E-state index is 0.102. The van der Waals surface area contributed by atoms with Crippen molar-refractivity contribution in [3.63, 3.8) is 0 Å². The zero-order chi connectivity index (χ0) is 23.2. The summed E-state index contributed by atoms with van der Waals surface area (Å²) in [5.41, 5.74) is 9.48. The van der Waals surface area contributed by atoms with Gasteiger partial charge in [0.2, 0.25) is 11.9 Å². The van der Waals surface area contributed by atoms with Crippen molar-refractivity contribution in [3.05, 3.63) is 47.5 Å². The molecule has 0 unspecified atom stereocenters. The lowest BCUT2D eigenvalue weighted by Crippen LogP contribution is -2.46. The van der Waals surface area contributed by atoms with E-state index < -0.39 is 0 Å². The zero-order valence-corrected chi connectivity index (χ0v) is 19.5. The van der Waals surface area contributed by atoms with Crippen LogP contribution in [0.1, 0.15) is 42.5 Å². The molecule has 0 radical (unpaired) electrons. The third kappa shape index (κ3) is 5.65. The average molecular weight is 452 g/mol. The van der Waals surface area contributed by atoms with Crippen molar-refractivity contribution in [2.24, 2.45) is 17.0 Å². The normalized spacial score (nSPS) is 19.0. The van der Waals surface area contributed by atoms with Crippen LogP contribution in [-0.2, 0) is 16.2 Å². The summed E-state index contributed by atoms with van der Waals surface area (Å²) in [6.45, 7) is 6.14. The van der Waals surface area contributed by atoms with Crippen LogP contribution >= 0.6 is 0 Å². The number of pyridine rings is 1. The Morgan fingerprint density at radius 3 is 2.39 bits per heavy atom. The number of carbonyl (C=O) groups excluding carboxylic acids is 1. The molecule has 0 aromatic carbocycles. The number of hydrogen-bond donors (Lipinski definition) is 1. The molecule has 2 aliphatic heterocycles. The van der Waals surface area contributed by atoms with Gasteiger partial charge < -0.3 is 15.5 Å². The molecule has 176 valence electrons. The van der Waals surface area contributed by atoms with E-state index in [4.69, 9.17) is 10.6 Å². The first-order chi connectivity index (χ1) is 16.0. The topological polar surface area (TPSA) is 110 Å². The van der Waals surface area contributed by atoms with Crippen molar-refractivity contribution in [2.75, 3.05) is 39.0 Å². The molecule has 9 heteroatoms. The van der Waals surface area contributed by atoms with Crippen LogP contribution in [0.25, 0.3) is 0 Å². The van der Waals surface area contributed by atoms with Crippen LogP contribution in [0.2, 0.25) is 0 Å². The number of anilines is 1. The first-order valence-electron chi connectivity index (χ1n) is 11.7. The predicted octanol–water partition coefficient (Wildman–Crippen LogP) is 2.26. The van der Waals surface area contributed by atoms with Crippen LogP contribution in [0.4, 0.5) is 5.95 Å². The molecule has 0 aliphatic carbocycles. The minimum atomic E-state index is 0.102. The highest BCUT2D eigenvalue weighted by Crippen LogP contribution is 2.27. The second-order valence-electron chi connectivity index (χ2n) is 8.93. The molecule has 2 aliphatic rings. The molecule has 0 saturated carbocycles. The Labute approximate surface area is 195 Å². The molecule has 0 atom stereocenters. The van der Waals surface area contributed by atoms with E-state index in [1.54, 1.807) is 25.7 Å². The standard InChI is InChI=1S/C24H33N7O2/c1-17-4-3-9-26-21(17)22(29-33-2)19-7-12-31(13-8-19)23(32)20-5-10-30(11-6-20)16-18-14-27-24(25)28-15-18/h3-4,9,14-15,19-20H,5-8,10-13,16H2,1-2H3,(H2,25,27,28)/b29-22-. The number of amides is 1. The number of nitrogen functional groups attached to an aromatic ring is 1. The maximum atomic E-state index is 13.2. The van der Waals surface area contributed by atoms with E-state index in [0.717, 1.165) is 80.9 Å². The summed E-state index contributed by atoms with van der Waals surface area (Å²) in [6.07, 6.45) is 8.86. The molecule has 33 heavy (non-hydrogen) atoms. The highest BCUT2D eigenvalue weighted by molar-refractivity contribution is 6.01. The van der Waals surface area contributed by atoms with Gasteiger partial charge in [0.25, 0.3) is 0 Å². The zero-order valence-electron chi connectivity index (χ0n) is 19.5. The van der Waals surface area contributed by atoms with Gasteiger partial charge in [0, 0.05) is 55.6 Å². The largest absolute Gasteiger partial charge is 0.399 e. The van der Waals surface area contributed by atoms with Gasteiger partial charge in [-0.25, -0.2) is 9.97 Å². The van der Waals surface area contributed by atoms with Gasteiger partial charge >= 0.3 is 0 Å². The van der Waals surface area contributed by atoms with Gasteiger partial charge in [-0.05, 0) is 57.3 Å². The molecule has 2 fully saturated rings. The summed E-state index contributed by atoms with van der Waals surface area (Å²) >= 11 is 0. The third-order valence-corrected chi connectivity index (χ3v) is 6.70. The fourth-order valence-corrected chi connectivity index (χ4v) is 4.84. The van der Waals surface area contributed by atoms with Gasteiger partial charge in [0.05, 0.1) is 5.69 Å². The second kappa shape index (κ2) is 10.7. The summed E-state index contributed by atoms with van der Waals surface area (Å²) in [6, 6.07) is 3.97. The van der Waals surface area contributed by atoms with E-state index in [2.05, 4.69) is 25.0 Å². The lowest BCUT2D eigenvalue weighted by atomic mass is 9.87. The summed E-state index contributed by atoms with van der Waals surface area (Å²) < 4.78 is 0. The fourth-order valence-electron chi connectivity index (χ4n) is 4.84. The number of oxime groups is 1. The van der Waals surface area contributed by atoms with Crippen molar-refractivity contribution in [3.8, 4) is 0 Å². The van der Waals surface area contributed by atoms with Crippen molar-refractivity contribution in [2.45, 2.75) is 39.2 Å². The Kier molecular flexibility index (Phi) is 7.49. The van der Waals surface area contributed by atoms with Gasteiger partial charge in [-0.1, -0.05) is 11.2 Å². The SMILES string of the molecule is CO/N=C(\c1ncccc1C)C1CCN(C(=O)C2CCN(Cc3cnc(N)nc3)CC2)CC1.